The van der Waals surface area contributed by atoms with Crippen LogP contribution in [-0.2, 0) is 6.42 Å². The summed E-state index contributed by atoms with van der Waals surface area (Å²) >= 11 is 0. The molecule has 69 heavy (non-hydrogen) atoms. The molecule has 324 valence electrons. The van der Waals surface area contributed by atoms with Gasteiger partial charge in [0.05, 0.1) is 22.6 Å². The van der Waals surface area contributed by atoms with Gasteiger partial charge in [-0.1, -0.05) is 207 Å². The molecular formula is C66H45N3. The first-order valence-electron chi connectivity index (χ1n) is 23.9. The van der Waals surface area contributed by atoms with Crippen LogP contribution in [0.3, 0.4) is 0 Å². The van der Waals surface area contributed by atoms with Gasteiger partial charge in [-0.25, -0.2) is 15.0 Å². The van der Waals surface area contributed by atoms with E-state index in [0.717, 1.165) is 73.2 Å². The Hall–Kier alpha value is -8.79. The second-order valence-corrected chi connectivity index (χ2v) is 18.2. The van der Waals surface area contributed by atoms with E-state index in [1.54, 1.807) is 0 Å². The first kappa shape index (κ1) is 40.5. The second kappa shape index (κ2) is 16.8. The Balaban J connectivity index is 1.00. The molecule has 0 radical (unpaired) electrons. The largest absolute Gasteiger partial charge is 0.247 e. The van der Waals surface area contributed by atoms with Gasteiger partial charge in [-0.3, -0.25) is 0 Å². The normalized spacial score (nSPS) is 14.5. The zero-order valence-electron chi connectivity index (χ0n) is 38.1. The summed E-state index contributed by atoms with van der Waals surface area (Å²) in [4.78, 5) is 16.5. The number of hydrogen-bond donors (Lipinski definition) is 0. The molecule has 3 heteroatoms. The Labute approximate surface area is 401 Å². The van der Waals surface area contributed by atoms with E-state index in [9.17, 15) is 0 Å². The van der Waals surface area contributed by atoms with Crippen LogP contribution in [0.5, 0.6) is 0 Å². The highest BCUT2D eigenvalue weighted by Gasteiger charge is 2.23. The number of aromatic nitrogens is 3. The van der Waals surface area contributed by atoms with E-state index in [1.165, 1.54) is 60.0 Å². The highest BCUT2D eigenvalue weighted by Crippen LogP contribution is 2.44. The molecule has 1 unspecified atom stereocenters. The number of para-hydroxylation sites is 1. The minimum absolute atomic E-state index is 0.228. The van der Waals surface area contributed by atoms with Crippen LogP contribution >= 0.6 is 0 Å². The monoisotopic (exact) mass is 879 g/mol. The molecule has 13 rings (SSSR count). The lowest BCUT2D eigenvalue weighted by Crippen LogP contribution is -2.02. The van der Waals surface area contributed by atoms with E-state index in [0.29, 0.717) is 5.82 Å². The Morgan fingerprint density at radius 1 is 0.391 bits per heavy atom. The summed E-state index contributed by atoms with van der Waals surface area (Å²) in [6.45, 7) is 2.28. The number of allylic oxidation sites excluding steroid dienone is 4. The van der Waals surface area contributed by atoms with E-state index in [1.807, 2.05) is 0 Å². The van der Waals surface area contributed by atoms with Crippen molar-refractivity contribution in [1.82, 2.24) is 15.0 Å². The third-order valence-corrected chi connectivity index (χ3v) is 14.1. The number of fused-ring (bicyclic) bond motifs is 11. The van der Waals surface area contributed by atoms with Gasteiger partial charge in [0, 0.05) is 33.2 Å². The van der Waals surface area contributed by atoms with Crippen LogP contribution in [0.25, 0.3) is 121 Å². The van der Waals surface area contributed by atoms with Crippen molar-refractivity contribution >= 4 is 54.0 Å². The Morgan fingerprint density at radius 3 is 1.58 bits per heavy atom. The van der Waals surface area contributed by atoms with Crippen LogP contribution in [0.4, 0.5) is 0 Å². The van der Waals surface area contributed by atoms with E-state index in [2.05, 4.69) is 244 Å². The summed E-state index contributed by atoms with van der Waals surface area (Å²) in [5, 5.41) is 10.7. The Kier molecular flexibility index (Phi) is 9.87. The predicted octanol–water partition coefficient (Wildman–Crippen LogP) is 17.4. The number of nitrogens with zero attached hydrogens (tertiary/aromatic N) is 3. The first-order chi connectivity index (χ1) is 34.1. The zero-order valence-corrected chi connectivity index (χ0v) is 38.1. The minimum atomic E-state index is 0.228. The summed E-state index contributed by atoms with van der Waals surface area (Å²) in [5.74, 6) is 0.902. The highest BCUT2D eigenvalue weighted by molar-refractivity contribution is 6.15. The molecule has 1 atom stereocenters. The third-order valence-electron chi connectivity index (χ3n) is 14.1. The Bertz CT molecular complexity index is 3950. The Morgan fingerprint density at radius 2 is 0.913 bits per heavy atom. The third kappa shape index (κ3) is 7.10. The summed E-state index contributed by atoms with van der Waals surface area (Å²) in [6.07, 6.45) is 9.74. The molecule has 2 heterocycles. The molecule has 0 saturated carbocycles. The van der Waals surface area contributed by atoms with Crippen LogP contribution in [0.2, 0.25) is 0 Å². The lowest BCUT2D eigenvalue weighted by molar-refractivity contribution is 0.968. The summed E-state index contributed by atoms with van der Waals surface area (Å²) < 4.78 is 0. The lowest BCUT2D eigenvalue weighted by Gasteiger charge is -2.22. The molecule has 0 bridgehead atoms. The molecule has 0 saturated heterocycles. The number of hydrogen-bond acceptors (Lipinski definition) is 3. The SMILES string of the molecule is CC1/C=C\C=C/Cc2c(c(-c3cccc(-c4cccc(-c5nc(-c6cc7ccccc7c7ccccc67)cc(-c6cc7ccccc7c7ccccc67)n5)c4)c3)nc3ccccc23)-c2ccccc21. The van der Waals surface area contributed by atoms with Crippen LogP contribution in [0.1, 0.15) is 24.0 Å². The number of pyridine rings is 1. The molecule has 1 aliphatic carbocycles. The van der Waals surface area contributed by atoms with Crippen molar-refractivity contribution in [3.8, 4) is 67.4 Å². The first-order valence-corrected chi connectivity index (χ1v) is 23.9. The molecule has 1 aliphatic rings. The molecular weight excluding hydrogens is 835 g/mol. The lowest BCUT2D eigenvalue weighted by atomic mass is 9.84. The average molecular weight is 880 g/mol. The maximum Gasteiger partial charge on any atom is 0.160 e. The molecule has 3 nitrogen and oxygen atoms in total. The quantitative estimate of drug-likeness (QED) is 0.162. The van der Waals surface area contributed by atoms with Gasteiger partial charge >= 0.3 is 0 Å². The van der Waals surface area contributed by atoms with Crippen LogP contribution in [0.15, 0.2) is 237 Å². The second-order valence-electron chi connectivity index (χ2n) is 18.2. The maximum absolute atomic E-state index is 5.50. The minimum Gasteiger partial charge on any atom is -0.247 e. The van der Waals surface area contributed by atoms with Crippen molar-refractivity contribution < 1.29 is 0 Å². The molecule has 2 aromatic heterocycles. The van der Waals surface area contributed by atoms with Gasteiger partial charge in [0.15, 0.2) is 5.82 Å². The van der Waals surface area contributed by atoms with Gasteiger partial charge in [0.25, 0.3) is 0 Å². The van der Waals surface area contributed by atoms with E-state index in [-0.39, 0.29) is 5.92 Å². The van der Waals surface area contributed by atoms with Crippen molar-refractivity contribution in [2.75, 3.05) is 0 Å². The summed E-state index contributed by atoms with van der Waals surface area (Å²) in [6, 6.07) is 76.6. The van der Waals surface area contributed by atoms with Crippen molar-refractivity contribution in [2.45, 2.75) is 19.3 Å². The number of rotatable bonds is 5. The van der Waals surface area contributed by atoms with Gasteiger partial charge in [-0.15, -0.1) is 0 Å². The average Bonchev–Trinajstić information content (AvgIpc) is 3.42. The van der Waals surface area contributed by atoms with Crippen molar-refractivity contribution in [2.24, 2.45) is 0 Å². The van der Waals surface area contributed by atoms with Crippen molar-refractivity contribution in [3.05, 3.63) is 248 Å². The molecule has 10 aromatic carbocycles. The van der Waals surface area contributed by atoms with Gasteiger partial charge < -0.3 is 0 Å². The van der Waals surface area contributed by atoms with Crippen LogP contribution in [0, 0.1) is 0 Å². The fourth-order valence-corrected chi connectivity index (χ4v) is 10.8. The van der Waals surface area contributed by atoms with E-state index >= 15 is 0 Å². The summed E-state index contributed by atoms with van der Waals surface area (Å²) in [7, 11) is 0. The van der Waals surface area contributed by atoms with Gasteiger partial charge in [-0.05, 0) is 120 Å². The van der Waals surface area contributed by atoms with E-state index < -0.39 is 0 Å². The van der Waals surface area contributed by atoms with Crippen LogP contribution < -0.4 is 0 Å². The molecule has 0 aliphatic heterocycles. The molecule has 0 N–H and O–H groups in total. The van der Waals surface area contributed by atoms with E-state index in [4.69, 9.17) is 15.0 Å². The fourth-order valence-electron chi connectivity index (χ4n) is 10.8. The van der Waals surface area contributed by atoms with Crippen LogP contribution in [-0.4, -0.2) is 15.0 Å². The molecule has 0 amide bonds. The fraction of sp³-hybridized carbons (Fsp3) is 0.0455. The maximum atomic E-state index is 5.50. The smallest absolute Gasteiger partial charge is 0.160 e. The van der Waals surface area contributed by atoms with Crippen molar-refractivity contribution in [1.29, 1.82) is 0 Å². The molecule has 0 spiro atoms. The highest BCUT2D eigenvalue weighted by atomic mass is 14.9. The number of benzene rings is 10. The topological polar surface area (TPSA) is 38.7 Å². The van der Waals surface area contributed by atoms with Crippen molar-refractivity contribution in [3.63, 3.8) is 0 Å². The molecule has 0 fully saturated rings. The standard InChI is InChI=1S/C66H45N3/c1-42-19-3-2-4-34-58-56-33-15-16-36-61(56)67-65(64(58)57-35-14-9-26-49(42)57)47-24-17-22-43(37-47)44-23-18-25-48(38-44)66-68-62(59-39-45-20-5-7-27-50(45)52-29-10-12-31-54(52)59)41-63(69-66)60-40-46-21-6-8-28-51(46)53-30-11-13-32-55(53)60/h2-33,35-42H,34H2,1H3/b4-2-,19-3-. The van der Waals surface area contributed by atoms with Gasteiger partial charge in [0.1, 0.15) is 0 Å². The van der Waals surface area contributed by atoms with Gasteiger partial charge in [-0.2, -0.15) is 0 Å². The molecule has 12 aromatic rings. The predicted molar refractivity (Wildman–Crippen MR) is 290 cm³/mol. The van der Waals surface area contributed by atoms with Gasteiger partial charge in [0.2, 0.25) is 0 Å². The summed E-state index contributed by atoms with van der Waals surface area (Å²) in [5.41, 5.74) is 15.1. The zero-order chi connectivity index (χ0) is 45.8.